The predicted molar refractivity (Wildman–Crippen MR) is 124 cm³/mol. The zero-order chi connectivity index (χ0) is 25.8. The van der Waals surface area contributed by atoms with Gasteiger partial charge >= 0.3 is 0 Å². The molecule has 0 aliphatic carbocycles. The Morgan fingerprint density at radius 3 is 1.60 bits per heavy atom. The van der Waals surface area contributed by atoms with Crippen LogP contribution < -0.4 is 0 Å². The lowest BCUT2D eigenvalue weighted by atomic mass is 9.98. The van der Waals surface area contributed by atoms with E-state index >= 15 is 0 Å². The van der Waals surface area contributed by atoms with Gasteiger partial charge in [0.25, 0.3) is 0 Å². The molecular formula is C24H46O11. The van der Waals surface area contributed by atoms with Crippen LogP contribution in [0.1, 0.15) is 71.1 Å². The van der Waals surface area contributed by atoms with E-state index in [-0.39, 0.29) is 0 Å². The molecule has 0 spiro atoms. The molecule has 2 aliphatic heterocycles. The zero-order valence-corrected chi connectivity index (χ0v) is 20.7. The van der Waals surface area contributed by atoms with Crippen molar-refractivity contribution in [1.82, 2.24) is 0 Å². The van der Waals surface area contributed by atoms with Crippen LogP contribution >= 0.6 is 0 Å². The van der Waals surface area contributed by atoms with Gasteiger partial charge in [-0.15, -0.1) is 0 Å². The average Bonchev–Trinajstić information content (AvgIpc) is 2.86. The third-order valence-corrected chi connectivity index (χ3v) is 6.75. The molecule has 11 nitrogen and oxygen atoms in total. The molecule has 0 radical (unpaired) electrons. The number of ether oxygens (including phenoxy) is 4. The number of hydrogen-bond donors (Lipinski definition) is 7. The van der Waals surface area contributed by atoms with Crippen LogP contribution in [-0.2, 0) is 18.9 Å². The summed E-state index contributed by atoms with van der Waals surface area (Å²) in [6.07, 6.45) is -2.57. The van der Waals surface area contributed by atoms with Crippen molar-refractivity contribution in [2.45, 2.75) is 133 Å². The Balaban J connectivity index is 1.79. The first-order valence-corrected chi connectivity index (χ1v) is 13.1. The van der Waals surface area contributed by atoms with E-state index in [1.165, 1.54) is 38.5 Å². The lowest BCUT2D eigenvalue weighted by Gasteiger charge is -2.45. The van der Waals surface area contributed by atoms with Crippen molar-refractivity contribution >= 4 is 0 Å². The molecule has 0 aromatic rings. The first-order valence-electron chi connectivity index (χ1n) is 13.1. The van der Waals surface area contributed by atoms with Gasteiger partial charge in [-0.3, -0.25) is 0 Å². The summed E-state index contributed by atoms with van der Waals surface area (Å²) in [5, 5.41) is 70.2. The molecule has 0 aromatic heterocycles. The summed E-state index contributed by atoms with van der Waals surface area (Å²) in [5.41, 5.74) is 0. The van der Waals surface area contributed by atoms with E-state index in [2.05, 4.69) is 6.92 Å². The monoisotopic (exact) mass is 510 g/mol. The van der Waals surface area contributed by atoms with Gasteiger partial charge in [-0.2, -0.15) is 0 Å². The first kappa shape index (κ1) is 30.8. The molecule has 2 aliphatic rings. The SMILES string of the molecule is CCCCCCCCCCCCO[C@@H]1[C@@H](O)[C@@H](O[C@H]2O[C@H](CO)[C@@H](O)[C@H](O)[C@H]2O)O[C@H](CO)[C@H]1O. The van der Waals surface area contributed by atoms with Crippen LogP contribution in [0.25, 0.3) is 0 Å². The van der Waals surface area contributed by atoms with Gasteiger partial charge in [-0.25, -0.2) is 0 Å². The first-order chi connectivity index (χ1) is 16.8. The molecule has 0 amide bonds. The second-order valence-corrected chi connectivity index (χ2v) is 9.56. The fourth-order valence-corrected chi connectivity index (χ4v) is 4.48. The van der Waals surface area contributed by atoms with Gasteiger partial charge in [-0.1, -0.05) is 64.7 Å². The van der Waals surface area contributed by atoms with Crippen molar-refractivity contribution < 1.29 is 54.7 Å². The van der Waals surface area contributed by atoms with Gasteiger partial charge in [0.15, 0.2) is 12.6 Å². The van der Waals surface area contributed by atoms with E-state index < -0.39 is 74.6 Å². The Labute approximate surface area is 207 Å². The number of aliphatic hydroxyl groups excluding tert-OH is 7. The minimum atomic E-state index is -1.69. The summed E-state index contributed by atoms with van der Waals surface area (Å²) in [4.78, 5) is 0. The predicted octanol–water partition coefficient (Wildman–Crippen LogP) is -0.452. The van der Waals surface area contributed by atoms with E-state index in [1.54, 1.807) is 0 Å². The number of rotatable bonds is 16. The number of aliphatic hydroxyl groups is 7. The quantitative estimate of drug-likeness (QED) is 0.134. The molecule has 7 N–H and O–H groups in total. The van der Waals surface area contributed by atoms with Gasteiger partial charge in [0.2, 0.25) is 0 Å². The second kappa shape index (κ2) is 16.4. The molecule has 10 atom stereocenters. The fourth-order valence-electron chi connectivity index (χ4n) is 4.48. The van der Waals surface area contributed by atoms with Gasteiger partial charge in [0.1, 0.15) is 48.8 Å². The minimum absolute atomic E-state index is 0.292. The molecule has 2 rings (SSSR count). The maximum absolute atomic E-state index is 10.7. The van der Waals surface area contributed by atoms with Crippen LogP contribution in [-0.4, -0.2) is 117 Å². The van der Waals surface area contributed by atoms with E-state index in [9.17, 15) is 35.7 Å². The summed E-state index contributed by atoms with van der Waals surface area (Å²) in [7, 11) is 0. The molecule has 0 aromatic carbocycles. The molecule has 0 unspecified atom stereocenters. The van der Waals surface area contributed by atoms with Gasteiger partial charge in [-0.05, 0) is 6.42 Å². The topological polar surface area (TPSA) is 179 Å². The van der Waals surface area contributed by atoms with E-state index in [0.29, 0.717) is 6.61 Å². The summed E-state index contributed by atoms with van der Waals surface area (Å²) in [5.74, 6) is 0. The summed E-state index contributed by atoms with van der Waals surface area (Å²) in [6.45, 7) is 1.29. The van der Waals surface area contributed by atoms with Crippen LogP contribution in [0.3, 0.4) is 0 Å². The van der Waals surface area contributed by atoms with Gasteiger partial charge in [0.05, 0.1) is 13.2 Å². The van der Waals surface area contributed by atoms with Crippen molar-refractivity contribution in [3.05, 3.63) is 0 Å². The second-order valence-electron chi connectivity index (χ2n) is 9.56. The average molecular weight is 511 g/mol. The van der Waals surface area contributed by atoms with Crippen molar-refractivity contribution in [2.24, 2.45) is 0 Å². The summed E-state index contributed by atoms with van der Waals surface area (Å²) >= 11 is 0. The molecule has 2 heterocycles. The Kier molecular flexibility index (Phi) is 14.4. The maximum Gasteiger partial charge on any atom is 0.189 e. The van der Waals surface area contributed by atoms with Crippen molar-refractivity contribution in [3.63, 3.8) is 0 Å². The molecule has 11 heteroatoms. The lowest BCUT2D eigenvalue weighted by Crippen LogP contribution is -2.64. The number of hydrogen-bond acceptors (Lipinski definition) is 11. The van der Waals surface area contributed by atoms with Gasteiger partial charge < -0.3 is 54.7 Å². The van der Waals surface area contributed by atoms with E-state index in [0.717, 1.165) is 25.7 Å². The highest BCUT2D eigenvalue weighted by Gasteiger charge is 2.50. The summed E-state index contributed by atoms with van der Waals surface area (Å²) < 4.78 is 22.0. The lowest BCUT2D eigenvalue weighted by molar-refractivity contribution is -0.378. The normalized spacial score (nSPS) is 38.1. The maximum atomic E-state index is 10.7. The van der Waals surface area contributed by atoms with Gasteiger partial charge in [0, 0.05) is 6.61 Å². The van der Waals surface area contributed by atoms with Crippen molar-refractivity contribution in [2.75, 3.05) is 19.8 Å². The van der Waals surface area contributed by atoms with Crippen LogP contribution in [0.4, 0.5) is 0 Å². The Hall–Kier alpha value is -0.440. The van der Waals surface area contributed by atoms with Crippen LogP contribution in [0.15, 0.2) is 0 Å². The van der Waals surface area contributed by atoms with E-state index in [1.807, 2.05) is 0 Å². The molecule has 0 saturated carbocycles. The van der Waals surface area contributed by atoms with Crippen molar-refractivity contribution in [1.29, 1.82) is 0 Å². The van der Waals surface area contributed by atoms with Crippen LogP contribution in [0.2, 0.25) is 0 Å². The summed E-state index contributed by atoms with van der Waals surface area (Å²) in [6, 6.07) is 0. The smallest absolute Gasteiger partial charge is 0.189 e. The highest BCUT2D eigenvalue weighted by Crippen LogP contribution is 2.29. The molecule has 0 bridgehead atoms. The highest BCUT2D eigenvalue weighted by atomic mass is 16.8. The third-order valence-electron chi connectivity index (χ3n) is 6.75. The van der Waals surface area contributed by atoms with Crippen LogP contribution in [0, 0.1) is 0 Å². The molecule has 35 heavy (non-hydrogen) atoms. The molecule has 208 valence electrons. The Bertz CT molecular complexity index is 552. The van der Waals surface area contributed by atoms with Crippen molar-refractivity contribution in [3.8, 4) is 0 Å². The Morgan fingerprint density at radius 1 is 0.571 bits per heavy atom. The standard InChI is InChI=1S/C24H46O11/c1-2-3-4-5-6-7-8-9-10-11-12-32-22-18(28)16(14-26)34-24(21(22)31)35-23-20(30)19(29)17(27)15(13-25)33-23/h15-31H,2-14H2,1H3/t15-,16-,17-,18-,19+,20-,21-,22+,23-,24-/m1/s1. The molecular weight excluding hydrogens is 464 g/mol. The molecule has 2 saturated heterocycles. The fraction of sp³-hybridized carbons (Fsp3) is 1.00. The number of unbranched alkanes of at least 4 members (excludes halogenated alkanes) is 9. The Morgan fingerprint density at radius 2 is 1.06 bits per heavy atom. The highest BCUT2D eigenvalue weighted by molar-refractivity contribution is 4.93. The molecule has 2 fully saturated rings. The zero-order valence-electron chi connectivity index (χ0n) is 20.7. The largest absolute Gasteiger partial charge is 0.394 e. The van der Waals surface area contributed by atoms with E-state index in [4.69, 9.17) is 18.9 Å². The third kappa shape index (κ3) is 9.11. The minimum Gasteiger partial charge on any atom is -0.394 e. The van der Waals surface area contributed by atoms with Crippen LogP contribution in [0.5, 0.6) is 0 Å².